The Morgan fingerprint density at radius 3 is 2.25 bits per heavy atom. The molecular formula is C8H18N2O2. The first-order valence-corrected chi connectivity index (χ1v) is 4.15. The zero-order chi connectivity index (χ0) is 9.72. The van der Waals surface area contributed by atoms with Crippen molar-refractivity contribution in [3.63, 3.8) is 0 Å². The molecule has 0 fully saturated rings. The SMILES string of the molecule is CC(NC(CO)C(C)C)C(N)=O. The molecule has 0 spiro atoms. The maximum Gasteiger partial charge on any atom is 0.234 e. The highest BCUT2D eigenvalue weighted by atomic mass is 16.3. The highest BCUT2D eigenvalue weighted by Gasteiger charge is 2.17. The minimum absolute atomic E-state index is 0.0231. The molecule has 0 aliphatic rings. The lowest BCUT2D eigenvalue weighted by atomic mass is 10.0. The van der Waals surface area contributed by atoms with Crippen LogP contribution in [0.15, 0.2) is 0 Å². The molecule has 0 saturated heterocycles. The molecule has 2 unspecified atom stereocenters. The van der Waals surface area contributed by atoms with E-state index in [2.05, 4.69) is 5.32 Å². The van der Waals surface area contributed by atoms with E-state index in [4.69, 9.17) is 10.8 Å². The Hall–Kier alpha value is -0.610. The van der Waals surface area contributed by atoms with Crippen LogP contribution in [-0.2, 0) is 4.79 Å². The number of nitrogens with two attached hydrogens (primary N) is 1. The van der Waals surface area contributed by atoms with Crippen molar-refractivity contribution in [3.8, 4) is 0 Å². The van der Waals surface area contributed by atoms with Gasteiger partial charge in [-0.05, 0) is 12.8 Å². The van der Waals surface area contributed by atoms with Gasteiger partial charge in [0.2, 0.25) is 5.91 Å². The fourth-order valence-corrected chi connectivity index (χ4v) is 0.859. The van der Waals surface area contributed by atoms with Crippen molar-refractivity contribution in [2.45, 2.75) is 32.9 Å². The molecule has 0 aromatic carbocycles. The summed E-state index contributed by atoms with van der Waals surface area (Å²) in [6.45, 7) is 5.66. The van der Waals surface area contributed by atoms with Gasteiger partial charge in [0.05, 0.1) is 12.6 Å². The second-order valence-electron chi connectivity index (χ2n) is 3.32. The van der Waals surface area contributed by atoms with Gasteiger partial charge in [0.1, 0.15) is 0 Å². The van der Waals surface area contributed by atoms with Crippen LogP contribution in [0.25, 0.3) is 0 Å². The Kier molecular flexibility index (Phi) is 4.85. The van der Waals surface area contributed by atoms with Crippen LogP contribution < -0.4 is 11.1 Å². The number of hydrogen-bond donors (Lipinski definition) is 3. The number of carbonyl (C=O) groups is 1. The predicted molar refractivity (Wildman–Crippen MR) is 47.5 cm³/mol. The monoisotopic (exact) mass is 174 g/mol. The second kappa shape index (κ2) is 5.11. The molecule has 1 amide bonds. The third kappa shape index (κ3) is 3.69. The summed E-state index contributed by atoms with van der Waals surface area (Å²) in [5, 5.41) is 11.9. The summed E-state index contributed by atoms with van der Waals surface area (Å²) in [7, 11) is 0. The predicted octanol–water partition coefficient (Wildman–Crippen LogP) is -0.533. The van der Waals surface area contributed by atoms with Gasteiger partial charge < -0.3 is 16.2 Å². The molecule has 0 radical (unpaired) electrons. The van der Waals surface area contributed by atoms with Gasteiger partial charge in [-0.2, -0.15) is 0 Å². The number of hydrogen-bond acceptors (Lipinski definition) is 3. The normalized spacial score (nSPS) is 16.1. The Balaban J connectivity index is 3.93. The van der Waals surface area contributed by atoms with Crippen LogP contribution in [0, 0.1) is 5.92 Å². The second-order valence-corrected chi connectivity index (χ2v) is 3.32. The van der Waals surface area contributed by atoms with E-state index < -0.39 is 5.91 Å². The smallest absolute Gasteiger partial charge is 0.234 e. The molecule has 0 saturated carbocycles. The summed E-state index contributed by atoms with van der Waals surface area (Å²) in [6, 6.07) is -0.447. The van der Waals surface area contributed by atoms with Crippen molar-refractivity contribution in [3.05, 3.63) is 0 Å². The van der Waals surface area contributed by atoms with Crippen molar-refractivity contribution in [1.29, 1.82) is 0 Å². The molecule has 4 heteroatoms. The van der Waals surface area contributed by atoms with Crippen molar-refractivity contribution in [1.82, 2.24) is 5.32 Å². The first kappa shape index (κ1) is 11.4. The Bertz CT molecular complexity index is 148. The first-order chi connectivity index (χ1) is 5.49. The largest absolute Gasteiger partial charge is 0.395 e. The van der Waals surface area contributed by atoms with Gasteiger partial charge >= 0.3 is 0 Å². The van der Waals surface area contributed by atoms with Gasteiger partial charge in [-0.15, -0.1) is 0 Å². The molecule has 4 N–H and O–H groups in total. The number of amides is 1. The lowest BCUT2D eigenvalue weighted by Gasteiger charge is -2.22. The van der Waals surface area contributed by atoms with Gasteiger partial charge in [-0.3, -0.25) is 4.79 Å². The molecule has 0 aromatic rings. The highest BCUT2D eigenvalue weighted by molar-refractivity contribution is 5.79. The van der Waals surface area contributed by atoms with Crippen molar-refractivity contribution < 1.29 is 9.90 Å². The van der Waals surface area contributed by atoms with Gasteiger partial charge in [0.15, 0.2) is 0 Å². The molecular weight excluding hydrogens is 156 g/mol. The van der Waals surface area contributed by atoms with Crippen LogP contribution >= 0.6 is 0 Å². The maximum absolute atomic E-state index is 10.7. The summed E-state index contributed by atoms with van der Waals surface area (Å²) < 4.78 is 0. The molecule has 0 rings (SSSR count). The maximum atomic E-state index is 10.7. The van der Waals surface area contributed by atoms with Crippen LogP contribution in [0.2, 0.25) is 0 Å². The van der Waals surface area contributed by atoms with Crippen LogP contribution in [0.1, 0.15) is 20.8 Å². The van der Waals surface area contributed by atoms with E-state index in [0.29, 0.717) is 0 Å². The van der Waals surface area contributed by atoms with E-state index in [-0.39, 0.29) is 24.6 Å². The topological polar surface area (TPSA) is 75.3 Å². The van der Waals surface area contributed by atoms with Crippen LogP contribution in [0.4, 0.5) is 0 Å². The molecule has 0 heterocycles. The number of rotatable bonds is 5. The van der Waals surface area contributed by atoms with Crippen molar-refractivity contribution in [2.75, 3.05) is 6.61 Å². The molecule has 0 bridgehead atoms. The van der Waals surface area contributed by atoms with E-state index in [1.807, 2.05) is 13.8 Å². The highest BCUT2D eigenvalue weighted by Crippen LogP contribution is 2.01. The molecule has 0 aliphatic heterocycles. The summed E-state index contributed by atoms with van der Waals surface area (Å²) in [6.07, 6.45) is 0. The lowest BCUT2D eigenvalue weighted by molar-refractivity contribution is -0.119. The minimum Gasteiger partial charge on any atom is -0.395 e. The third-order valence-corrected chi connectivity index (χ3v) is 1.89. The van der Waals surface area contributed by atoms with E-state index in [1.165, 1.54) is 0 Å². The van der Waals surface area contributed by atoms with E-state index in [1.54, 1.807) is 6.92 Å². The lowest BCUT2D eigenvalue weighted by Crippen LogP contribution is -2.48. The van der Waals surface area contributed by atoms with E-state index in [9.17, 15) is 4.79 Å². The Labute approximate surface area is 73.1 Å². The fourth-order valence-electron chi connectivity index (χ4n) is 0.859. The fraction of sp³-hybridized carbons (Fsp3) is 0.875. The number of primary amides is 1. The van der Waals surface area contributed by atoms with Gasteiger partial charge in [0.25, 0.3) is 0 Å². The number of aliphatic hydroxyl groups excluding tert-OH is 1. The van der Waals surface area contributed by atoms with Crippen LogP contribution in [-0.4, -0.2) is 29.7 Å². The number of carbonyl (C=O) groups excluding carboxylic acids is 1. The molecule has 0 aliphatic carbocycles. The number of nitrogens with one attached hydrogen (secondary N) is 1. The molecule has 2 atom stereocenters. The minimum atomic E-state index is -0.394. The van der Waals surface area contributed by atoms with Crippen molar-refractivity contribution in [2.24, 2.45) is 11.7 Å². The zero-order valence-corrected chi connectivity index (χ0v) is 7.87. The van der Waals surface area contributed by atoms with Gasteiger partial charge in [0, 0.05) is 6.04 Å². The van der Waals surface area contributed by atoms with Gasteiger partial charge in [-0.25, -0.2) is 0 Å². The average molecular weight is 174 g/mol. The van der Waals surface area contributed by atoms with E-state index >= 15 is 0 Å². The van der Waals surface area contributed by atoms with Gasteiger partial charge in [-0.1, -0.05) is 13.8 Å². The molecule has 72 valence electrons. The third-order valence-electron chi connectivity index (χ3n) is 1.89. The zero-order valence-electron chi connectivity index (χ0n) is 7.87. The summed E-state index contributed by atoms with van der Waals surface area (Å²) in [4.78, 5) is 10.7. The van der Waals surface area contributed by atoms with Crippen molar-refractivity contribution >= 4 is 5.91 Å². The standard InChI is InChI=1S/C8H18N2O2/c1-5(2)7(4-11)10-6(3)8(9)12/h5-7,10-11H,4H2,1-3H3,(H2,9,12). The summed E-state index contributed by atoms with van der Waals surface area (Å²) in [5.74, 6) is -0.106. The number of aliphatic hydroxyl groups is 1. The van der Waals surface area contributed by atoms with E-state index in [0.717, 1.165) is 0 Å². The Morgan fingerprint density at radius 1 is 1.50 bits per heavy atom. The average Bonchev–Trinajstić information content (AvgIpc) is 1.98. The van der Waals surface area contributed by atoms with Crippen LogP contribution in [0.3, 0.4) is 0 Å². The van der Waals surface area contributed by atoms with Crippen LogP contribution in [0.5, 0.6) is 0 Å². The first-order valence-electron chi connectivity index (χ1n) is 4.15. The quantitative estimate of drug-likeness (QED) is 0.524. The summed E-state index contributed by atoms with van der Waals surface area (Å²) in [5.41, 5.74) is 5.06. The molecule has 0 aromatic heterocycles. The molecule has 12 heavy (non-hydrogen) atoms. The summed E-state index contributed by atoms with van der Waals surface area (Å²) >= 11 is 0. The Morgan fingerprint density at radius 2 is 2.00 bits per heavy atom. The molecule has 4 nitrogen and oxygen atoms in total.